The van der Waals surface area contributed by atoms with Crippen molar-refractivity contribution in [1.82, 2.24) is 0 Å². The summed E-state index contributed by atoms with van der Waals surface area (Å²) in [6, 6.07) is 4.49. The molecule has 0 fully saturated rings. The highest BCUT2D eigenvalue weighted by atomic mass is 127. The molecule has 2 rings (SSSR count). The third-order valence-electron chi connectivity index (χ3n) is 2.23. The number of Topliss-reactive ketones (excluding diaryl/α,β-unsaturated/α-hetero) is 1. The van der Waals surface area contributed by atoms with Crippen molar-refractivity contribution in [2.75, 3.05) is 0 Å². The van der Waals surface area contributed by atoms with E-state index in [1.54, 1.807) is 0 Å². The van der Waals surface area contributed by atoms with E-state index in [1.165, 1.54) is 51.6 Å². The maximum Gasteiger partial charge on any atom is 0.231 e. The van der Waals surface area contributed by atoms with Crippen molar-refractivity contribution in [2.45, 2.75) is 4.90 Å². The van der Waals surface area contributed by atoms with E-state index >= 15 is 0 Å². The van der Waals surface area contributed by atoms with Crippen LogP contribution in [0.1, 0.15) is 15.9 Å². The Kier molecular flexibility index (Phi) is 2.70. The highest BCUT2D eigenvalue weighted by Gasteiger charge is 2.23. The van der Waals surface area contributed by atoms with Crippen molar-refractivity contribution < 1.29 is 13.2 Å². The lowest BCUT2D eigenvalue weighted by Gasteiger charge is -2.12. The van der Waals surface area contributed by atoms with Gasteiger partial charge in [-0.1, -0.05) is 18.2 Å². The fourth-order valence-corrected chi connectivity index (χ4v) is 3.35. The maximum atomic E-state index is 11.6. The Hall–Kier alpha value is -1.02. The smallest absolute Gasteiger partial charge is 0.231 e. The highest BCUT2D eigenvalue weighted by Crippen LogP contribution is 2.28. The van der Waals surface area contributed by atoms with Gasteiger partial charge >= 0.3 is 0 Å². The molecule has 1 aromatic carbocycles. The molecule has 82 valence electrons. The number of nitrogens with one attached hydrogen (secondary N) is 1. The van der Waals surface area contributed by atoms with Crippen LogP contribution in [0.3, 0.4) is 0 Å². The van der Waals surface area contributed by atoms with Gasteiger partial charge in [-0.25, -0.2) is 8.42 Å². The molecular weight excluding hydrogens is 341 g/mol. The van der Waals surface area contributed by atoms with Gasteiger partial charge < -0.3 is 0 Å². The number of hydrogen-bond donors (Lipinski definition) is 1. The summed E-state index contributed by atoms with van der Waals surface area (Å²) in [5.41, 5.74) is 0.513. The van der Waals surface area contributed by atoms with Crippen LogP contribution in [0.15, 0.2) is 29.2 Å². The summed E-state index contributed by atoms with van der Waals surface area (Å²) in [4.78, 5) is 11.7. The van der Waals surface area contributed by atoms with Crippen LogP contribution in [0.2, 0.25) is 0 Å². The Labute approximate surface area is 104 Å². The van der Waals surface area contributed by atoms with Gasteiger partial charge in [-0.2, -0.15) is 0 Å². The molecule has 0 saturated heterocycles. The summed E-state index contributed by atoms with van der Waals surface area (Å²) in [6.45, 7) is 0. The van der Waals surface area contributed by atoms with E-state index in [1.807, 2.05) is 0 Å². The average molecular weight is 347 g/mol. The Morgan fingerprint density at radius 1 is 1.19 bits per heavy atom. The Balaban J connectivity index is 2.80. The second-order valence-electron chi connectivity index (χ2n) is 3.23. The van der Waals surface area contributed by atoms with E-state index in [0.717, 1.165) is 0 Å². The Morgan fingerprint density at radius 3 is 2.50 bits per heavy atom. The zero-order chi connectivity index (χ0) is 11.9. The fraction of sp³-hybridized carbons (Fsp3) is 0. The largest absolute Gasteiger partial charge is 0.297 e. The molecule has 0 amide bonds. The quantitative estimate of drug-likeness (QED) is 0.624. The molecule has 1 aromatic rings. The zero-order valence-corrected chi connectivity index (χ0v) is 10.9. The van der Waals surface area contributed by atoms with Crippen LogP contribution in [0.5, 0.6) is 0 Å². The topological polar surface area (TPSA) is 75.1 Å². The number of halogens is 1. The van der Waals surface area contributed by atoms with Gasteiger partial charge in [-0.05, 0) is 12.1 Å². The van der Waals surface area contributed by atoms with Crippen molar-refractivity contribution in [3.8, 4) is 0 Å². The number of carbonyl (C=O) groups excluding carboxylic acids is 1. The van der Waals surface area contributed by atoms with Crippen LogP contribution in [0, 0.1) is 5.41 Å². The Morgan fingerprint density at radius 2 is 1.88 bits per heavy atom. The number of fused-ring (bicyclic) bond motifs is 1. The van der Waals surface area contributed by atoms with Crippen LogP contribution in [0.4, 0.5) is 0 Å². The van der Waals surface area contributed by atoms with Gasteiger partial charge in [0, 0.05) is 11.1 Å². The zero-order valence-electron chi connectivity index (χ0n) is 7.90. The van der Waals surface area contributed by atoms with E-state index in [4.69, 9.17) is 5.41 Å². The predicted molar refractivity (Wildman–Crippen MR) is 68.7 cm³/mol. The third kappa shape index (κ3) is 1.82. The number of hydrogen-bond acceptors (Lipinski definition) is 4. The molecule has 6 heteroatoms. The molecule has 0 saturated carbocycles. The summed E-state index contributed by atoms with van der Waals surface area (Å²) in [5.74, 6) is -0.445. The molecular formula is C10H6INO3S. The van der Waals surface area contributed by atoms with Crippen molar-refractivity contribution >= 4 is 45.8 Å². The minimum Gasteiger partial charge on any atom is -0.297 e. The predicted octanol–water partition coefficient (Wildman–Crippen LogP) is 2.04. The van der Waals surface area contributed by atoms with Crippen LogP contribution >= 0.6 is 21.2 Å². The summed E-state index contributed by atoms with van der Waals surface area (Å²) in [5, 5.41) is 7.36. The number of carbonyl (C=O) groups is 1. The van der Waals surface area contributed by atoms with Gasteiger partial charge in [0.25, 0.3) is 0 Å². The van der Waals surface area contributed by atoms with Crippen molar-refractivity contribution in [2.24, 2.45) is 0 Å². The first-order chi connectivity index (χ1) is 7.41. The summed E-state index contributed by atoms with van der Waals surface area (Å²) >= 11 is 1.33. The standard InChI is InChI=1S/C10H6INO3S/c11-16(14,15)9-3-1-2-7-6(9)4-5-8(12)10(7)13/h1-5,12H. The molecule has 16 heavy (non-hydrogen) atoms. The molecule has 1 N–H and O–H groups in total. The van der Waals surface area contributed by atoms with Gasteiger partial charge in [0.05, 0.1) is 26.1 Å². The summed E-state index contributed by atoms with van der Waals surface area (Å²) in [6.07, 6.45) is 2.81. The van der Waals surface area contributed by atoms with Crippen molar-refractivity contribution in [3.63, 3.8) is 0 Å². The Bertz CT molecular complexity index is 631. The lowest BCUT2D eigenvalue weighted by atomic mass is 9.95. The summed E-state index contributed by atoms with van der Waals surface area (Å²) < 4.78 is 23.0. The van der Waals surface area contributed by atoms with Gasteiger partial charge in [-0.3, -0.25) is 10.2 Å². The lowest BCUT2D eigenvalue weighted by Crippen LogP contribution is -2.16. The van der Waals surface area contributed by atoms with Gasteiger partial charge in [0.15, 0.2) is 0 Å². The molecule has 0 atom stereocenters. The fourth-order valence-electron chi connectivity index (χ4n) is 1.51. The normalized spacial score (nSPS) is 15.1. The first kappa shape index (κ1) is 11.5. The van der Waals surface area contributed by atoms with Crippen LogP contribution < -0.4 is 0 Å². The molecule has 0 bridgehead atoms. The molecule has 1 aliphatic rings. The second-order valence-corrected chi connectivity index (χ2v) is 8.03. The molecule has 0 aromatic heterocycles. The van der Waals surface area contributed by atoms with E-state index in [-0.39, 0.29) is 16.2 Å². The second kappa shape index (κ2) is 3.77. The number of rotatable bonds is 1. The van der Waals surface area contributed by atoms with Gasteiger partial charge in [0.1, 0.15) is 5.71 Å². The average Bonchev–Trinajstić information content (AvgIpc) is 2.21. The number of ketones is 1. The van der Waals surface area contributed by atoms with E-state index in [0.29, 0.717) is 5.56 Å². The minimum atomic E-state index is -3.39. The molecule has 0 heterocycles. The monoisotopic (exact) mass is 347 g/mol. The van der Waals surface area contributed by atoms with E-state index in [2.05, 4.69) is 0 Å². The number of benzene rings is 1. The molecule has 4 nitrogen and oxygen atoms in total. The molecule has 0 aliphatic heterocycles. The van der Waals surface area contributed by atoms with Crippen LogP contribution in [-0.2, 0) is 7.01 Å². The minimum absolute atomic E-state index is 0.114. The van der Waals surface area contributed by atoms with Crippen LogP contribution in [0.25, 0.3) is 6.08 Å². The first-order valence-corrected chi connectivity index (χ1v) is 8.33. The molecule has 0 unspecified atom stereocenters. The molecule has 0 radical (unpaired) electrons. The SMILES string of the molecule is N=C1C=Cc2c(cccc2S(=O)(=O)I)C1=O. The van der Waals surface area contributed by atoms with Gasteiger partial charge in [-0.15, -0.1) is 0 Å². The van der Waals surface area contributed by atoms with E-state index < -0.39 is 12.8 Å². The van der Waals surface area contributed by atoms with Crippen LogP contribution in [-0.4, -0.2) is 19.9 Å². The molecule has 1 aliphatic carbocycles. The lowest BCUT2D eigenvalue weighted by molar-refractivity contribution is 0.106. The van der Waals surface area contributed by atoms with Crippen molar-refractivity contribution in [3.05, 3.63) is 35.4 Å². The van der Waals surface area contributed by atoms with Crippen molar-refractivity contribution in [1.29, 1.82) is 5.41 Å². The first-order valence-electron chi connectivity index (χ1n) is 4.30. The molecule has 0 spiro atoms. The highest BCUT2D eigenvalue weighted by molar-refractivity contribution is 14.2. The third-order valence-corrected chi connectivity index (χ3v) is 4.54. The summed E-state index contributed by atoms with van der Waals surface area (Å²) in [7, 11) is -3.39. The van der Waals surface area contributed by atoms with E-state index in [9.17, 15) is 13.2 Å². The maximum absolute atomic E-state index is 11.6. The van der Waals surface area contributed by atoms with Gasteiger partial charge in [0.2, 0.25) is 12.8 Å². The number of allylic oxidation sites excluding steroid dienone is 1.